The molecule has 4 heteroatoms. The SMILES string of the molecule is Cc1ccc(C(C)Nc2ccc(N)cc2I)cc1F. The van der Waals surface area contributed by atoms with Crippen LogP contribution in [0, 0.1) is 16.3 Å². The van der Waals surface area contributed by atoms with Gasteiger partial charge in [-0.25, -0.2) is 4.39 Å². The predicted octanol–water partition coefficient (Wildman–Crippen LogP) is 4.49. The second-order valence-corrected chi connectivity index (χ2v) is 5.78. The molecule has 2 nitrogen and oxygen atoms in total. The number of anilines is 2. The van der Waals surface area contributed by atoms with Crippen LogP contribution in [0.3, 0.4) is 0 Å². The van der Waals surface area contributed by atoms with Crippen LogP contribution >= 0.6 is 22.6 Å². The zero-order valence-electron chi connectivity index (χ0n) is 10.9. The van der Waals surface area contributed by atoms with Gasteiger partial charge in [0.05, 0.1) is 0 Å². The quantitative estimate of drug-likeness (QED) is 0.617. The predicted molar refractivity (Wildman–Crippen MR) is 86.7 cm³/mol. The third kappa shape index (κ3) is 3.37. The van der Waals surface area contributed by atoms with Gasteiger partial charge in [-0.1, -0.05) is 12.1 Å². The molecule has 100 valence electrons. The van der Waals surface area contributed by atoms with Crippen molar-refractivity contribution in [1.82, 2.24) is 0 Å². The minimum atomic E-state index is -0.168. The van der Waals surface area contributed by atoms with Crippen molar-refractivity contribution in [3.8, 4) is 0 Å². The molecule has 3 N–H and O–H groups in total. The van der Waals surface area contributed by atoms with Gasteiger partial charge in [-0.2, -0.15) is 0 Å². The molecule has 0 saturated carbocycles. The van der Waals surface area contributed by atoms with Gasteiger partial charge in [0.25, 0.3) is 0 Å². The number of hydrogen-bond donors (Lipinski definition) is 2. The van der Waals surface area contributed by atoms with E-state index in [0.717, 1.165) is 20.5 Å². The molecule has 0 fully saturated rings. The van der Waals surface area contributed by atoms with E-state index in [1.54, 1.807) is 19.1 Å². The Kier molecular flexibility index (Phi) is 4.29. The van der Waals surface area contributed by atoms with E-state index in [1.165, 1.54) is 0 Å². The third-order valence-corrected chi connectivity index (χ3v) is 3.95. The van der Waals surface area contributed by atoms with Gasteiger partial charge < -0.3 is 11.1 Å². The summed E-state index contributed by atoms with van der Waals surface area (Å²) in [6.07, 6.45) is 0. The number of rotatable bonds is 3. The van der Waals surface area contributed by atoms with E-state index in [0.29, 0.717) is 5.56 Å². The lowest BCUT2D eigenvalue weighted by Crippen LogP contribution is -2.08. The fourth-order valence-electron chi connectivity index (χ4n) is 1.84. The molecule has 19 heavy (non-hydrogen) atoms. The standard InChI is InChI=1S/C15H16FIN2/c1-9-3-4-11(7-13(9)16)10(2)19-15-6-5-12(18)8-14(15)17/h3-8,10,19H,18H2,1-2H3. The van der Waals surface area contributed by atoms with Gasteiger partial charge >= 0.3 is 0 Å². The molecule has 0 aliphatic heterocycles. The number of nitrogens with two attached hydrogens (primary N) is 1. The van der Waals surface area contributed by atoms with Crippen LogP contribution in [0.4, 0.5) is 15.8 Å². The Morgan fingerprint density at radius 1 is 1.21 bits per heavy atom. The fourth-order valence-corrected chi connectivity index (χ4v) is 2.54. The van der Waals surface area contributed by atoms with E-state index in [2.05, 4.69) is 27.9 Å². The monoisotopic (exact) mass is 370 g/mol. The highest BCUT2D eigenvalue weighted by molar-refractivity contribution is 14.1. The van der Waals surface area contributed by atoms with E-state index in [1.807, 2.05) is 31.2 Å². The second kappa shape index (κ2) is 5.77. The number of halogens is 2. The van der Waals surface area contributed by atoms with Gasteiger partial charge in [-0.15, -0.1) is 0 Å². The summed E-state index contributed by atoms with van der Waals surface area (Å²) in [6.45, 7) is 3.77. The Hall–Kier alpha value is -1.30. The van der Waals surface area contributed by atoms with Crippen molar-refractivity contribution in [3.05, 3.63) is 56.9 Å². The van der Waals surface area contributed by atoms with Crippen molar-refractivity contribution < 1.29 is 4.39 Å². The molecule has 0 amide bonds. The summed E-state index contributed by atoms with van der Waals surface area (Å²) in [4.78, 5) is 0. The summed E-state index contributed by atoms with van der Waals surface area (Å²) in [5.41, 5.74) is 9.06. The van der Waals surface area contributed by atoms with E-state index in [9.17, 15) is 4.39 Å². The number of nitrogens with one attached hydrogen (secondary N) is 1. The molecule has 2 aromatic carbocycles. The van der Waals surface area contributed by atoms with E-state index in [4.69, 9.17) is 5.73 Å². The molecule has 2 aromatic rings. The minimum absolute atomic E-state index is 0.0345. The van der Waals surface area contributed by atoms with Crippen molar-refractivity contribution in [2.24, 2.45) is 0 Å². The number of nitrogen functional groups attached to an aromatic ring is 1. The minimum Gasteiger partial charge on any atom is -0.399 e. The molecule has 0 aliphatic rings. The second-order valence-electron chi connectivity index (χ2n) is 4.61. The Bertz CT molecular complexity index is 599. The van der Waals surface area contributed by atoms with Gasteiger partial charge in [0.2, 0.25) is 0 Å². The van der Waals surface area contributed by atoms with Gasteiger partial charge in [0.1, 0.15) is 5.82 Å². The van der Waals surface area contributed by atoms with Crippen molar-refractivity contribution in [2.75, 3.05) is 11.1 Å². The smallest absolute Gasteiger partial charge is 0.126 e. The fraction of sp³-hybridized carbons (Fsp3) is 0.200. The van der Waals surface area contributed by atoms with Crippen LogP contribution in [0.1, 0.15) is 24.1 Å². The summed E-state index contributed by atoms with van der Waals surface area (Å²) in [5, 5.41) is 3.37. The first kappa shape index (κ1) is 14.1. The van der Waals surface area contributed by atoms with E-state index in [-0.39, 0.29) is 11.9 Å². The highest BCUT2D eigenvalue weighted by Crippen LogP contribution is 2.26. The number of benzene rings is 2. The average molecular weight is 370 g/mol. The van der Waals surface area contributed by atoms with Gasteiger partial charge in [0, 0.05) is 21.0 Å². The summed E-state index contributed by atoms with van der Waals surface area (Å²) >= 11 is 2.23. The van der Waals surface area contributed by atoms with Crippen molar-refractivity contribution in [3.63, 3.8) is 0 Å². The molecule has 0 spiro atoms. The Morgan fingerprint density at radius 2 is 1.95 bits per heavy atom. The molecule has 2 rings (SSSR count). The zero-order chi connectivity index (χ0) is 14.0. The Labute approximate surface area is 126 Å². The van der Waals surface area contributed by atoms with E-state index < -0.39 is 0 Å². The number of hydrogen-bond acceptors (Lipinski definition) is 2. The molecule has 0 bridgehead atoms. The first-order valence-corrected chi connectivity index (χ1v) is 7.13. The normalized spacial score (nSPS) is 12.2. The van der Waals surface area contributed by atoms with Gasteiger partial charge in [-0.3, -0.25) is 0 Å². The molecule has 0 heterocycles. The molecule has 1 atom stereocenters. The van der Waals surface area contributed by atoms with Gasteiger partial charge in [0.15, 0.2) is 0 Å². The molecule has 0 radical (unpaired) electrons. The Balaban J connectivity index is 2.20. The van der Waals surface area contributed by atoms with Crippen LogP contribution in [-0.4, -0.2) is 0 Å². The maximum atomic E-state index is 13.6. The van der Waals surface area contributed by atoms with Crippen molar-refractivity contribution in [1.29, 1.82) is 0 Å². The van der Waals surface area contributed by atoms with Crippen molar-refractivity contribution >= 4 is 34.0 Å². The van der Waals surface area contributed by atoms with E-state index >= 15 is 0 Å². The number of aryl methyl sites for hydroxylation is 1. The van der Waals surface area contributed by atoms with Crippen LogP contribution in [0.2, 0.25) is 0 Å². The summed E-state index contributed by atoms with van der Waals surface area (Å²) in [7, 11) is 0. The van der Waals surface area contributed by atoms with Crippen molar-refractivity contribution in [2.45, 2.75) is 19.9 Å². The lowest BCUT2D eigenvalue weighted by atomic mass is 10.1. The molecule has 0 aliphatic carbocycles. The summed E-state index contributed by atoms with van der Waals surface area (Å²) in [6, 6.07) is 11.1. The highest BCUT2D eigenvalue weighted by atomic mass is 127. The maximum Gasteiger partial charge on any atom is 0.126 e. The van der Waals surface area contributed by atoms with Crippen LogP contribution < -0.4 is 11.1 Å². The zero-order valence-corrected chi connectivity index (χ0v) is 13.0. The summed E-state index contributed by atoms with van der Waals surface area (Å²) in [5.74, 6) is -0.168. The lowest BCUT2D eigenvalue weighted by molar-refractivity contribution is 0.614. The molecule has 0 aromatic heterocycles. The molecule has 0 saturated heterocycles. The maximum absolute atomic E-state index is 13.6. The van der Waals surface area contributed by atoms with Crippen LogP contribution in [0.5, 0.6) is 0 Å². The topological polar surface area (TPSA) is 38.0 Å². The first-order chi connectivity index (χ1) is 8.97. The first-order valence-electron chi connectivity index (χ1n) is 6.05. The van der Waals surface area contributed by atoms with Crippen LogP contribution in [-0.2, 0) is 0 Å². The van der Waals surface area contributed by atoms with Gasteiger partial charge in [-0.05, 0) is 71.8 Å². The van der Waals surface area contributed by atoms with Crippen LogP contribution in [0.25, 0.3) is 0 Å². The highest BCUT2D eigenvalue weighted by Gasteiger charge is 2.09. The van der Waals surface area contributed by atoms with Crippen LogP contribution in [0.15, 0.2) is 36.4 Å². The average Bonchev–Trinajstić information content (AvgIpc) is 2.36. The molecule has 1 unspecified atom stereocenters. The Morgan fingerprint density at radius 3 is 2.58 bits per heavy atom. The third-order valence-electron chi connectivity index (χ3n) is 3.06. The molecular formula is C15H16FIN2. The largest absolute Gasteiger partial charge is 0.399 e. The molecular weight excluding hydrogens is 354 g/mol. The summed E-state index contributed by atoms with van der Waals surface area (Å²) < 4.78 is 14.6. The lowest BCUT2D eigenvalue weighted by Gasteiger charge is -2.17.